The summed E-state index contributed by atoms with van der Waals surface area (Å²) in [5.74, 6) is 0.614. The molecule has 2 aromatic heterocycles. The fraction of sp³-hybridized carbons (Fsp3) is 0.269. The summed E-state index contributed by atoms with van der Waals surface area (Å²) in [6.45, 7) is 2.93. The molecule has 0 saturated carbocycles. The molecule has 8 nitrogen and oxygen atoms in total. The zero-order valence-electron chi connectivity index (χ0n) is 18.7. The summed E-state index contributed by atoms with van der Waals surface area (Å²) < 4.78 is 5.57. The number of hydrogen-bond donors (Lipinski definition) is 2. The highest BCUT2D eigenvalue weighted by atomic mass is 16.4. The highest BCUT2D eigenvalue weighted by Gasteiger charge is 2.21. The second kappa shape index (κ2) is 9.32. The van der Waals surface area contributed by atoms with Gasteiger partial charge < -0.3 is 19.2 Å². The van der Waals surface area contributed by atoms with Gasteiger partial charge >= 0.3 is 0 Å². The second-order valence-electron chi connectivity index (χ2n) is 8.50. The number of H-pyrrole nitrogens is 1. The van der Waals surface area contributed by atoms with Crippen LogP contribution in [0.4, 0.5) is 11.6 Å². The summed E-state index contributed by atoms with van der Waals surface area (Å²) in [6.07, 6.45) is 4.66. The van der Waals surface area contributed by atoms with Crippen LogP contribution in [-0.2, 0) is 16.0 Å². The third-order valence-electron chi connectivity index (χ3n) is 6.43. The summed E-state index contributed by atoms with van der Waals surface area (Å²) in [6, 6.07) is 15.6. The van der Waals surface area contributed by atoms with Crippen LogP contribution in [0.2, 0.25) is 0 Å². The van der Waals surface area contributed by atoms with Gasteiger partial charge in [0.1, 0.15) is 5.58 Å². The predicted molar refractivity (Wildman–Crippen MR) is 131 cm³/mol. The Morgan fingerprint density at radius 1 is 1.15 bits per heavy atom. The van der Waals surface area contributed by atoms with Crippen molar-refractivity contribution < 1.29 is 14.0 Å². The number of hydrogen-bond acceptors (Lipinski definition) is 5. The van der Waals surface area contributed by atoms with E-state index in [1.165, 1.54) is 0 Å². The lowest BCUT2D eigenvalue weighted by Gasteiger charge is -2.36. The maximum Gasteiger partial charge on any atom is 0.222 e. The van der Waals surface area contributed by atoms with E-state index in [1.807, 2.05) is 47.5 Å². The molecule has 172 valence electrons. The first kappa shape index (κ1) is 21.6. The molecule has 0 aliphatic carbocycles. The quantitative estimate of drug-likeness (QED) is 0.410. The fourth-order valence-electron chi connectivity index (χ4n) is 4.61. The number of aromatic amines is 1. The number of fused-ring (bicyclic) bond motifs is 2. The summed E-state index contributed by atoms with van der Waals surface area (Å²) in [4.78, 5) is 30.9. The van der Waals surface area contributed by atoms with Crippen LogP contribution in [0, 0.1) is 11.3 Å². The van der Waals surface area contributed by atoms with Gasteiger partial charge in [0.05, 0.1) is 11.6 Å². The molecule has 1 aliphatic rings. The Morgan fingerprint density at radius 2 is 2.00 bits per heavy atom. The van der Waals surface area contributed by atoms with Crippen LogP contribution in [0.15, 0.2) is 53.1 Å². The topological polar surface area (TPSA) is 105 Å². The third kappa shape index (κ3) is 4.33. The van der Waals surface area contributed by atoms with Crippen molar-refractivity contribution >= 4 is 45.8 Å². The molecule has 0 spiro atoms. The lowest BCUT2D eigenvalue weighted by atomic mass is 10.0. The van der Waals surface area contributed by atoms with Crippen LogP contribution in [0.25, 0.3) is 21.9 Å². The number of rotatable bonds is 7. The standard InChI is InChI=1S/C26H25N5O3/c27-15-18-4-6-23-22(12-18)19(16-28-23)2-1-3-26(33)31-10-8-30(9-11-31)21-5-7-24-20(13-21)14-25(34-24)29-17-32/h4-7,12-14,16-17,28H,1-3,8-11H2,(H,29,32). The number of nitrogens with zero attached hydrogens (tertiary/aromatic N) is 3. The van der Waals surface area contributed by atoms with E-state index in [2.05, 4.69) is 21.3 Å². The van der Waals surface area contributed by atoms with Gasteiger partial charge in [0, 0.05) is 66.8 Å². The van der Waals surface area contributed by atoms with Gasteiger partial charge in [-0.15, -0.1) is 0 Å². The van der Waals surface area contributed by atoms with Gasteiger partial charge in [0.2, 0.25) is 18.2 Å². The number of nitrogens with one attached hydrogen (secondary N) is 2. The highest BCUT2D eigenvalue weighted by molar-refractivity contribution is 5.87. The number of aromatic nitrogens is 1. The lowest BCUT2D eigenvalue weighted by molar-refractivity contribution is -0.131. The molecule has 2 N–H and O–H groups in total. The Morgan fingerprint density at radius 3 is 2.79 bits per heavy atom. The normalized spacial score (nSPS) is 13.9. The van der Waals surface area contributed by atoms with E-state index in [4.69, 9.17) is 9.68 Å². The van der Waals surface area contributed by atoms with Gasteiger partial charge in [0.15, 0.2) is 0 Å². The van der Waals surface area contributed by atoms with Gasteiger partial charge in [-0.3, -0.25) is 14.9 Å². The Balaban J connectivity index is 1.14. The molecule has 5 rings (SSSR count). The molecule has 4 aromatic rings. The fourth-order valence-corrected chi connectivity index (χ4v) is 4.61. The van der Waals surface area contributed by atoms with Crippen LogP contribution in [0.1, 0.15) is 24.0 Å². The average Bonchev–Trinajstić information content (AvgIpc) is 3.46. The first-order valence-electron chi connectivity index (χ1n) is 11.4. The maximum absolute atomic E-state index is 12.8. The number of anilines is 2. The van der Waals surface area contributed by atoms with Crippen molar-refractivity contribution in [2.24, 2.45) is 0 Å². The van der Waals surface area contributed by atoms with E-state index in [1.54, 1.807) is 6.07 Å². The van der Waals surface area contributed by atoms with E-state index in [0.29, 0.717) is 37.4 Å². The molecule has 3 heterocycles. The van der Waals surface area contributed by atoms with Gasteiger partial charge in [-0.05, 0) is 54.8 Å². The van der Waals surface area contributed by atoms with Crippen molar-refractivity contribution in [2.45, 2.75) is 19.3 Å². The maximum atomic E-state index is 12.8. The molecule has 0 bridgehead atoms. The Hall–Kier alpha value is -4.25. The molecule has 8 heteroatoms. The molecule has 2 aromatic carbocycles. The van der Waals surface area contributed by atoms with E-state index >= 15 is 0 Å². The van der Waals surface area contributed by atoms with Crippen molar-refractivity contribution in [2.75, 3.05) is 36.4 Å². The molecule has 34 heavy (non-hydrogen) atoms. The lowest BCUT2D eigenvalue weighted by Crippen LogP contribution is -2.48. The summed E-state index contributed by atoms with van der Waals surface area (Å²) in [5, 5.41) is 13.7. The van der Waals surface area contributed by atoms with Gasteiger partial charge in [0.25, 0.3) is 0 Å². The number of aryl methyl sites for hydroxylation is 1. The van der Waals surface area contributed by atoms with Crippen molar-refractivity contribution in [3.63, 3.8) is 0 Å². The van der Waals surface area contributed by atoms with Crippen molar-refractivity contribution in [1.82, 2.24) is 9.88 Å². The molecule has 0 radical (unpaired) electrons. The van der Waals surface area contributed by atoms with Crippen LogP contribution < -0.4 is 10.2 Å². The number of benzene rings is 2. The molecule has 1 saturated heterocycles. The number of carbonyl (C=O) groups is 2. The first-order chi connectivity index (χ1) is 16.6. The molecule has 0 unspecified atom stereocenters. The monoisotopic (exact) mass is 455 g/mol. The number of piperazine rings is 1. The Labute approximate surface area is 196 Å². The number of amides is 2. The second-order valence-corrected chi connectivity index (χ2v) is 8.50. The van der Waals surface area contributed by atoms with E-state index in [-0.39, 0.29) is 5.91 Å². The molecule has 1 aliphatic heterocycles. The van der Waals surface area contributed by atoms with Crippen LogP contribution >= 0.6 is 0 Å². The molecular weight excluding hydrogens is 430 g/mol. The molecule has 2 amide bonds. The number of nitriles is 1. The smallest absolute Gasteiger partial charge is 0.222 e. The van der Waals surface area contributed by atoms with Crippen LogP contribution in [0.5, 0.6) is 0 Å². The highest BCUT2D eigenvalue weighted by Crippen LogP contribution is 2.28. The Kier molecular flexibility index (Phi) is 5.91. The predicted octanol–water partition coefficient (Wildman–Crippen LogP) is 4.03. The van der Waals surface area contributed by atoms with Gasteiger partial charge in [-0.25, -0.2) is 0 Å². The Bertz CT molecular complexity index is 1390. The van der Waals surface area contributed by atoms with E-state index in [9.17, 15) is 9.59 Å². The van der Waals surface area contributed by atoms with Gasteiger partial charge in [-0.2, -0.15) is 5.26 Å². The summed E-state index contributed by atoms with van der Waals surface area (Å²) in [5.41, 5.74) is 4.61. The van der Waals surface area contributed by atoms with Crippen LogP contribution in [-0.4, -0.2) is 48.4 Å². The molecule has 0 atom stereocenters. The minimum Gasteiger partial charge on any atom is -0.440 e. The largest absolute Gasteiger partial charge is 0.440 e. The SMILES string of the molecule is N#Cc1ccc2[nH]cc(CCCC(=O)N3CCN(c4ccc5oc(NC=O)cc5c4)CC3)c2c1. The van der Waals surface area contributed by atoms with Crippen molar-refractivity contribution in [1.29, 1.82) is 5.26 Å². The van der Waals surface area contributed by atoms with E-state index in [0.717, 1.165) is 59.1 Å². The first-order valence-corrected chi connectivity index (χ1v) is 11.4. The van der Waals surface area contributed by atoms with Crippen molar-refractivity contribution in [3.05, 3.63) is 59.8 Å². The average molecular weight is 456 g/mol. The molecular formula is C26H25N5O3. The minimum absolute atomic E-state index is 0.187. The number of carbonyl (C=O) groups excluding carboxylic acids is 2. The zero-order chi connectivity index (χ0) is 23.5. The van der Waals surface area contributed by atoms with Crippen LogP contribution in [0.3, 0.4) is 0 Å². The molecule has 1 fully saturated rings. The van der Waals surface area contributed by atoms with Gasteiger partial charge in [-0.1, -0.05) is 0 Å². The minimum atomic E-state index is 0.187. The summed E-state index contributed by atoms with van der Waals surface area (Å²) >= 11 is 0. The third-order valence-corrected chi connectivity index (χ3v) is 6.43. The number of furan rings is 1. The van der Waals surface area contributed by atoms with E-state index < -0.39 is 0 Å². The summed E-state index contributed by atoms with van der Waals surface area (Å²) in [7, 11) is 0. The zero-order valence-corrected chi connectivity index (χ0v) is 18.7. The van der Waals surface area contributed by atoms with Crippen molar-refractivity contribution in [3.8, 4) is 6.07 Å².